The molecule has 0 fully saturated rings. The number of nitrogens with two attached hydrogens (primary N) is 1. The molecule has 2 rings (SSSR count). The molecule has 23 heavy (non-hydrogen) atoms. The summed E-state index contributed by atoms with van der Waals surface area (Å²) < 4.78 is 5.16. The average molecular weight is 429 g/mol. The number of nitrogens with one attached hydrogen (secondary N) is 1. The predicted octanol–water partition coefficient (Wildman–Crippen LogP) is 3.40. The molecule has 126 valence electrons. The Morgan fingerprint density at radius 3 is 2.65 bits per heavy atom. The molecule has 6 nitrogen and oxygen atoms in total. The summed E-state index contributed by atoms with van der Waals surface area (Å²) in [5.74, 6) is 1.95. The van der Waals surface area contributed by atoms with Crippen LogP contribution in [0.15, 0.2) is 27.7 Å². The largest absolute Gasteiger partial charge is 0.370 e. The van der Waals surface area contributed by atoms with Gasteiger partial charge in [-0.1, -0.05) is 25.1 Å². The minimum absolute atomic E-state index is 0. The Hall–Kier alpha value is -1.64. The molecule has 0 spiro atoms. The summed E-state index contributed by atoms with van der Waals surface area (Å²) >= 11 is 0. The van der Waals surface area contributed by atoms with E-state index in [-0.39, 0.29) is 29.9 Å². The van der Waals surface area contributed by atoms with Gasteiger partial charge in [-0.3, -0.25) is 4.99 Å². The van der Waals surface area contributed by atoms with Gasteiger partial charge in [0, 0.05) is 18.0 Å². The Morgan fingerprint density at radius 2 is 2.04 bits per heavy atom. The van der Waals surface area contributed by atoms with Gasteiger partial charge in [0.2, 0.25) is 5.89 Å². The maximum absolute atomic E-state index is 5.88. The molecule has 7 heteroatoms. The number of benzene rings is 1. The average Bonchev–Trinajstić information content (AvgIpc) is 2.92. The SMILES string of the molecule is Cc1ccc(NC(N)=NCCc2nc(C(C)C)no2)cc1C.I. The number of aromatic nitrogens is 2. The minimum atomic E-state index is 0. The minimum Gasteiger partial charge on any atom is -0.370 e. The van der Waals surface area contributed by atoms with Crippen LogP contribution >= 0.6 is 24.0 Å². The number of hydrogen-bond donors (Lipinski definition) is 2. The molecule has 0 aliphatic rings. The van der Waals surface area contributed by atoms with Crippen molar-refractivity contribution in [3.8, 4) is 0 Å². The lowest BCUT2D eigenvalue weighted by molar-refractivity contribution is 0.372. The van der Waals surface area contributed by atoms with Crippen molar-refractivity contribution in [2.45, 2.75) is 40.0 Å². The van der Waals surface area contributed by atoms with Gasteiger partial charge < -0.3 is 15.6 Å². The van der Waals surface area contributed by atoms with Crippen LogP contribution in [0.1, 0.15) is 42.6 Å². The summed E-state index contributed by atoms with van der Waals surface area (Å²) in [7, 11) is 0. The third-order valence-electron chi connectivity index (χ3n) is 3.39. The van der Waals surface area contributed by atoms with Gasteiger partial charge in [0.15, 0.2) is 11.8 Å². The Labute approximate surface area is 154 Å². The van der Waals surface area contributed by atoms with Crippen molar-refractivity contribution in [2.75, 3.05) is 11.9 Å². The maximum Gasteiger partial charge on any atom is 0.228 e. The smallest absolute Gasteiger partial charge is 0.228 e. The van der Waals surface area contributed by atoms with Gasteiger partial charge in [-0.05, 0) is 37.1 Å². The normalized spacial score (nSPS) is 11.4. The molecule has 0 unspecified atom stereocenters. The van der Waals surface area contributed by atoms with Crippen molar-refractivity contribution in [1.82, 2.24) is 10.1 Å². The van der Waals surface area contributed by atoms with Crippen molar-refractivity contribution in [3.63, 3.8) is 0 Å². The highest BCUT2D eigenvalue weighted by Crippen LogP contribution is 2.14. The molecule has 0 saturated heterocycles. The van der Waals surface area contributed by atoms with Gasteiger partial charge >= 0.3 is 0 Å². The van der Waals surface area contributed by atoms with Crippen LogP contribution in [-0.4, -0.2) is 22.6 Å². The van der Waals surface area contributed by atoms with E-state index in [0.717, 1.165) is 11.5 Å². The third kappa shape index (κ3) is 5.81. The molecule has 1 aromatic carbocycles. The fraction of sp³-hybridized carbons (Fsp3) is 0.438. The maximum atomic E-state index is 5.88. The van der Waals surface area contributed by atoms with Crippen LogP contribution in [0, 0.1) is 13.8 Å². The second kappa shape index (κ2) is 8.85. The summed E-state index contributed by atoms with van der Waals surface area (Å²) in [5.41, 5.74) is 9.28. The van der Waals surface area contributed by atoms with Gasteiger partial charge in [0.05, 0.1) is 6.54 Å². The molecular weight excluding hydrogens is 405 g/mol. The molecule has 0 bridgehead atoms. The molecule has 0 amide bonds. The van der Waals surface area contributed by atoms with E-state index in [1.165, 1.54) is 11.1 Å². The van der Waals surface area contributed by atoms with Crippen LogP contribution in [0.3, 0.4) is 0 Å². The zero-order chi connectivity index (χ0) is 16.1. The van der Waals surface area contributed by atoms with Crippen molar-refractivity contribution >= 4 is 35.6 Å². The van der Waals surface area contributed by atoms with E-state index in [0.29, 0.717) is 24.8 Å². The van der Waals surface area contributed by atoms with Crippen LogP contribution in [0.4, 0.5) is 5.69 Å². The number of aliphatic imine (C=N–C) groups is 1. The lowest BCUT2D eigenvalue weighted by Crippen LogP contribution is -2.23. The number of anilines is 1. The van der Waals surface area contributed by atoms with E-state index in [4.69, 9.17) is 10.3 Å². The van der Waals surface area contributed by atoms with Gasteiger partial charge in [-0.25, -0.2) is 0 Å². The van der Waals surface area contributed by atoms with Crippen LogP contribution in [-0.2, 0) is 6.42 Å². The number of hydrogen-bond acceptors (Lipinski definition) is 4. The first-order valence-corrected chi connectivity index (χ1v) is 7.42. The van der Waals surface area contributed by atoms with Crippen LogP contribution < -0.4 is 11.1 Å². The summed E-state index contributed by atoms with van der Waals surface area (Å²) in [6, 6.07) is 6.08. The molecule has 2 aromatic rings. The number of halogens is 1. The monoisotopic (exact) mass is 429 g/mol. The first-order valence-electron chi connectivity index (χ1n) is 7.42. The third-order valence-corrected chi connectivity index (χ3v) is 3.39. The van der Waals surface area contributed by atoms with E-state index in [1.807, 2.05) is 26.0 Å². The Kier molecular flexibility index (Phi) is 7.47. The number of rotatable bonds is 5. The highest BCUT2D eigenvalue weighted by atomic mass is 127. The summed E-state index contributed by atoms with van der Waals surface area (Å²) in [4.78, 5) is 8.58. The second-order valence-corrected chi connectivity index (χ2v) is 5.64. The van der Waals surface area contributed by atoms with E-state index in [1.54, 1.807) is 0 Å². The number of guanidine groups is 1. The first-order chi connectivity index (χ1) is 10.5. The Balaban J connectivity index is 0.00000264. The number of nitrogens with zero attached hydrogens (tertiary/aromatic N) is 3. The Morgan fingerprint density at radius 1 is 1.30 bits per heavy atom. The van der Waals surface area contributed by atoms with Gasteiger partial charge in [-0.15, -0.1) is 24.0 Å². The van der Waals surface area contributed by atoms with Gasteiger partial charge in [0.1, 0.15) is 0 Å². The van der Waals surface area contributed by atoms with Crippen molar-refractivity contribution in [3.05, 3.63) is 41.0 Å². The van der Waals surface area contributed by atoms with Crippen LogP contribution in [0.5, 0.6) is 0 Å². The molecule has 0 saturated carbocycles. The zero-order valence-electron chi connectivity index (χ0n) is 14.0. The standard InChI is InChI=1S/C16H23N5O.HI/c1-10(2)15-20-14(22-21-15)7-8-18-16(17)19-13-6-5-11(3)12(4)9-13;/h5-6,9-10H,7-8H2,1-4H3,(H3,17,18,19);1H. The first kappa shape index (κ1) is 19.4. The highest BCUT2D eigenvalue weighted by Gasteiger charge is 2.08. The van der Waals surface area contributed by atoms with Crippen molar-refractivity contribution in [1.29, 1.82) is 0 Å². The van der Waals surface area contributed by atoms with Crippen LogP contribution in [0.25, 0.3) is 0 Å². The summed E-state index contributed by atoms with van der Waals surface area (Å²) in [6.45, 7) is 8.70. The van der Waals surface area contributed by atoms with E-state index < -0.39 is 0 Å². The van der Waals surface area contributed by atoms with E-state index >= 15 is 0 Å². The molecule has 0 aliphatic carbocycles. The molecule has 1 aromatic heterocycles. The van der Waals surface area contributed by atoms with E-state index in [9.17, 15) is 0 Å². The van der Waals surface area contributed by atoms with Gasteiger partial charge in [-0.2, -0.15) is 4.98 Å². The van der Waals surface area contributed by atoms with Crippen molar-refractivity contribution in [2.24, 2.45) is 10.7 Å². The number of aryl methyl sites for hydroxylation is 2. The van der Waals surface area contributed by atoms with Crippen molar-refractivity contribution < 1.29 is 4.52 Å². The zero-order valence-corrected chi connectivity index (χ0v) is 16.3. The fourth-order valence-electron chi connectivity index (χ4n) is 1.88. The fourth-order valence-corrected chi connectivity index (χ4v) is 1.88. The topological polar surface area (TPSA) is 89.3 Å². The molecule has 0 atom stereocenters. The molecule has 0 radical (unpaired) electrons. The molecule has 1 heterocycles. The van der Waals surface area contributed by atoms with Gasteiger partial charge in [0.25, 0.3) is 0 Å². The molecular formula is C16H24IN5O. The molecule has 0 aliphatic heterocycles. The summed E-state index contributed by atoms with van der Waals surface area (Å²) in [5, 5.41) is 7.00. The molecule has 3 N–H and O–H groups in total. The van der Waals surface area contributed by atoms with Crippen LogP contribution in [0.2, 0.25) is 0 Å². The lowest BCUT2D eigenvalue weighted by atomic mass is 10.1. The predicted molar refractivity (Wildman–Crippen MR) is 104 cm³/mol. The quantitative estimate of drug-likeness (QED) is 0.432. The van der Waals surface area contributed by atoms with E-state index in [2.05, 4.69) is 40.4 Å². The lowest BCUT2D eigenvalue weighted by Gasteiger charge is -2.07. The highest BCUT2D eigenvalue weighted by molar-refractivity contribution is 14.0. The summed E-state index contributed by atoms with van der Waals surface area (Å²) in [6.07, 6.45) is 0.578. The second-order valence-electron chi connectivity index (χ2n) is 5.64. The Bertz CT molecular complexity index is 666.